The summed E-state index contributed by atoms with van der Waals surface area (Å²) in [7, 11) is 0. The van der Waals surface area contributed by atoms with Crippen LogP contribution in [0.3, 0.4) is 0 Å². The number of fused-ring (bicyclic) bond motifs is 2. The van der Waals surface area contributed by atoms with Crippen molar-refractivity contribution in [2.24, 2.45) is 5.73 Å². The van der Waals surface area contributed by atoms with E-state index in [1.165, 1.54) is 22.2 Å². The van der Waals surface area contributed by atoms with Gasteiger partial charge < -0.3 is 15.1 Å². The molecule has 166 valence electrons. The van der Waals surface area contributed by atoms with Crippen LogP contribution in [-0.2, 0) is 6.54 Å². The van der Waals surface area contributed by atoms with E-state index in [0.29, 0.717) is 6.54 Å². The molecule has 0 aromatic heterocycles. The molecule has 0 saturated carbocycles. The molecule has 1 aliphatic carbocycles. The topological polar surface area (TPSA) is 45.4 Å². The highest BCUT2D eigenvalue weighted by Gasteiger charge is 2.20. The lowest BCUT2D eigenvalue weighted by Gasteiger charge is -2.22. The van der Waals surface area contributed by atoms with E-state index >= 15 is 0 Å². The Balaban J connectivity index is 2.11. The molecule has 0 unspecified atom stereocenters. The maximum atomic E-state index is 6.56. The first-order valence-corrected chi connectivity index (χ1v) is 11.8. The molecule has 0 amide bonds. The van der Waals surface area contributed by atoms with Crippen molar-refractivity contribution in [3.05, 3.63) is 71.6 Å². The SMILES string of the molecule is CCN(CC)c1ccc2c(-c3ccccc3CN)c3ccc(=[N+](CC)CC)cc-3oc2c1. The van der Waals surface area contributed by atoms with Crippen molar-refractivity contribution in [1.82, 2.24) is 4.58 Å². The van der Waals surface area contributed by atoms with E-state index in [-0.39, 0.29) is 0 Å². The molecule has 2 aromatic rings. The fourth-order valence-electron chi connectivity index (χ4n) is 4.67. The summed E-state index contributed by atoms with van der Waals surface area (Å²) in [5, 5.41) is 2.30. The fraction of sp³-hybridized carbons (Fsp3) is 0.321. The minimum atomic E-state index is 0.500. The summed E-state index contributed by atoms with van der Waals surface area (Å²) in [6.07, 6.45) is 0. The highest BCUT2D eigenvalue weighted by atomic mass is 16.3. The highest BCUT2D eigenvalue weighted by Crippen LogP contribution is 2.41. The van der Waals surface area contributed by atoms with E-state index in [1.54, 1.807) is 0 Å². The molecule has 0 saturated heterocycles. The van der Waals surface area contributed by atoms with Crippen molar-refractivity contribution >= 4 is 16.7 Å². The molecule has 2 aromatic carbocycles. The summed E-state index contributed by atoms with van der Waals surface area (Å²) < 4.78 is 8.90. The molecule has 0 bridgehead atoms. The van der Waals surface area contributed by atoms with Crippen LogP contribution in [0.15, 0.2) is 65.1 Å². The zero-order valence-corrected chi connectivity index (χ0v) is 19.7. The van der Waals surface area contributed by atoms with Gasteiger partial charge in [-0.15, -0.1) is 0 Å². The minimum Gasteiger partial charge on any atom is -0.456 e. The number of nitrogens with zero attached hydrogens (tertiary/aromatic N) is 2. The Bertz CT molecular complexity index is 1260. The summed E-state index contributed by atoms with van der Waals surface area (Å²) in [5.41, 5.74) is 12.8. The maximum absolute atomic E-state index is 6.56. The Morgan fingerprint density at radius 3 is 2.28 bits per heavy atom. The molecule has 0 fully saturated rings. The molecule has 4 nitrogen and oxygen atoms in total. The van der Waals surface area contributed by atoms with Crippen LogP contribution in [-0.4, -0.2) is 26.2 Å². The van der Waals surface area contributed by atoms with Crippen LogP contribution in [0.25, 0.3) is 33.4 Å². The number of nitrogens with two attached hydrogens (primary N) is 1. The Labute approximate surface area is 191 Å². The molecule has 2 aliphatic rings. The molecule has 1 heterocycles. The van der Waals surface area contributed by atoms with Gasteiger partial charge in [0.05, 0.1) is 6.07 Å². The molecule has 0 spiro atoms. The van der Waals surface area contributed by atoms with E-state index in [2.05, 4.69) is 97.8 Å². The van der Waals surface area contributed by atoms with Crippen LogP contribution >= 0.6 is 0 Å². The number of hydrogen-bond acceptors (Lipinski definition) is 3. The summed E-state index contributed by atoms with van der Waals surface area (Å²) in [6, 6.07) is 21.6. The van der Waals surface area contributed by atoms with Gasteiger partial charge in [-0.3, -0.25) is 0 Å². The van der Waals surface area contributed by atoms with Gasteiger partial charge in [0.2, 0.25) is 5.36 Å². The van der Waals surface area contributed by atoms with E-state index in [4.69, 9.17) is 10.2 Å². The maximum Gasteiger partial charge on any atom is 0.203 e. The van der Waals surface area contributed by atoms with Crippen molar-refractivity contribution in [2.75, 3.05) is 31.1 Å². The summed E-state index contributed by atoms with van der Waals surface area (Å²) in [5.74, 6) is 0.903. The van der Waals surface area contributed by atoms with Gasteiger partial charge in [-0.05, 0) is 57.0 Å². The van der Waals surface area contributed by atoms with Gasteiger partial charge in [0.25, 0.3) is 0 Å². The molecule has 0 radical (unpaired) electrons. The van der Waals surface area contributed by atoms with Gasteiger partial charge in [0, 0.05) is 54.0 Å². The van der Waals surface area contributed by atoms with Crippen LogP contribution in [0, 0.1) is 0 Å². The lowest BCUT2D eigenvalue weighted by Crippen LogP contribution is -2.29. The molecule has 1 aliphatic heterocycles. The van der Waals surface area contributed by atoms with Crippen molar-refractivity contribution in [2.45, 2.75) is 34.2 Å². The van der Waals surface area contributed by atoms with Crippen molar-refractivity contribution in [3.63, 3.8) is 0 Å². The van der Waals surface area contributed by atoms with E-state index in [1.807, 2.05) is 0 Å². The quantitative estimate of drug-likeness (QED) is 0.320. The van der Waals surface area contributed by atoms with Crippen LogP contribution in [0.1, 0.15) is 33.3 Å². The number of rotatable bonds is 7. The highest BCUT2D eigenvalue weighted by molar-refractivity contribution is 6.03. The first-order chi connectivity index (χ1) is 15.6. The van der Waals surface area contributed by atoms with Crippen LogP contribution in [0.5, 0.6) is 0 Å². The second-order valence-electron chi connectivity index (χ2n) is 8.04. The standard InChI is InChI=1S/C28H34N3O/c1-5-30(6-2)21-13-15-24-26(17-21)32-27-18-22(31(7-3)8-4)14-16-25(27)28(24)23-12-10-9-11-20(23)19-29/h9-18H,5-8,19,29H2,1-4H3/q+1. The van der Waals surface area contributed by atoms with Crippen molar-refractivity contribution in [3.8, 4) is 22.5 Å². The number of anilines is 1. The average Bonchev–Trinajstić information content (AvgIpc) is 2.84. The predicted molar refractivity (Wildman–Crippen MR) is 136 cm³/mol. The van der Waals surface area contributed by atoms with Crippen LogP contribution < -0.4 is 20.6 Å². The zero-order valence-electron chi connectivity index (χ0n) is 19.7. The smallest absolute Gasteiger partial charge is 0.203 e. The third-order valence-corrected chi connectivity index (χ3v) is 6.45. The molecule has 0 atom stereocenters. The molecular formula is C28H34N3O+. The average molecular weight is 429 g/mol. The Morgan fingerprint density at radius 1 is 0.844 bits per heavy atom. The third kappa shape index (κ3) is 3.91. The Hall–Kier alpha value is -3.11. The second-order valence-corrected chi connectivity index (χ2v) is 8.04. The largest absolute Gasteiger partial charge is 0.456 e. The summed E-state index contributed by atoms with van der Waals surface area (Å²) in [6.45, 7) is 13.1. The minimum absolute atomic E-state index is 0.500. The molecular weight excluding hydrogens is 394 g/mol. The Kier molecular flexibility index (Phi) is 6.61. The van der Waals surface area contributed by atoms with E-state index in [0.717, 1.165) is 54.0 Å². The monoisotopic (exact) mass is 428 g/mol. The van der Waals surface area contributed by atoms with Gasteiger partial charge in [-0.1, -0.05) is 24.3 Å². The van der Waals surface area contributed by atoms with Crippen LogP contribution in [0.4, 0.5) is 5.69 Å². The lowest BCUT2D eigenvalue weighted by atomic mass is 9.90. The summed E-state index contributed by atoms with van der Waals surface area (Å²) in [4.78, 5) is 2.35. The van der Waals surface area contributed by atoms with Gasteiger partial charge >= 0.3 is 0 Å². The third-order valence-electron chi connectivity index (χ3n) is 6.45. The van der Waals surface area contributed by atoms with Gasteiger partial charge in [0.15, 0.2) is 0 Å². The molecule has 4 rings (SSSR count). The zero-order chi connectivity index (χ0) is 22.7. The fourth-order valence-corrected chi connectivity index (χ4v) is 4.67. The van der Waals surface area contributed by atoms with Gasteiger partial charge in [0.1, 0.15) is 24.4 Å². The summed E-state index contributed by atoms with van der Waals surface area (Å²) >= 11 is 0. The van der Waals surface area contributed by atoms with Crippen LogP contribution in [0.2, 0.25) is 0 Å². The van der Waals surface area contributed by atoms with E-state index in [9.17, 15) is 0 Å². The second kappa shape index (κ2) is 9.58. The molecule has 32 heavy (non-hydrogen) atoms. The van der Waals surface area contributed by atoms with E-state index < -0.39 is 0 Å². The molecule has 4 heteroatoms. The number of benzene rings is 3. The van der Waals surface area contributed by atoms with Crippen molar-refractivity contribution in [1.29, 1.82) is 0 Å². The molecule has 2 N–H and O–H groups in total. The first kappa shape index (κ1) is 22.1. The lowest BCUT2D eigenvalue weighted by molar-refractivity contribution is 0.604. The predicted octanol–water partition coefficient (Wildman–Crippen LogP) is 5.32. The number of hydrogen-bond donors (Lipinski definition) is 1. The van der Waals surface area contributed by atoms with Crippen molar-refractivity contribution < 1.29 is 4.42 Å². The first-order valence-electron chi connectivity index (χ1n) is 11.8. The van der Waals surface area contributed by atoms with Gasteiger partial charge in [-0.2, -0.15) is 0 Å². The van der Waals surface area contributed by atoms with Gasteiger partial charge in [-0.25, -0.2) is 4.58 Å². The normalized spacial score (nSPS) is 11.3. The Morgan fingerprint density at radius 2 is 1.59 bits per heavy atom.